The Bertz CT molecular complexity index is 199. The monoisotopic (exact) mass is 269 g/mol. The number of carboxylic acids is 2. The third-order valence-corrected chi connectivity index (χ3v) is 1.42. The SMILES string of the molecule is CCNCC.O=C(O)CCC(O)C(=O)O.[H-].[H-].[Na+].[Na+]. The number of nitrogens with one attached hydrogen (secondary N) is 1. The molecule has 0 bridgehead atoms. The van der Waals surface area contributed by atoms with Gasteiger partial charge in [0.05, 0.1) is 0 Å². The first kappa shape index (κ1) is 26.4. The second kappa shape index (κ2) is 19.2. The van der Waals surface area contributed by atoms with Crippen molar-refractivity contribution in [1.82, 2.24) is 5.32 Å². The van der Waals surface area contributed by atoms with Gasteiger partial charge in [0.15, 0.2) is 6.10 Å². The quantitative estimate of drug-likeness (QED) is 0.358. The molecule has 0 rings (SSSR count). The van der Waals surface area contributed by atoms with Crippen LogP contribution in [0.3, 0.4) is 0 Å². The first-order valence-electron chi connectivity index (χ1n) is 4.79. The summed E-state index contributed by atoms with van der Waals surface area (Å²) in [7, 11) is 0. The Morgan fingerprint density at radius 1 is 1.18 bits per heavy atom. The van der Waals surface area contributed by atoms with Gasteiger partial charge in [0.1, 0.15) is 0 Å². The second-order valence-corrected chi connectivity index (χ2v) is 2.74. The zero-order valence-electron chi connectivity index (χ0n) is 13.1. The molecule has 0 amide bonds. The molecule has 0 fully saturated rings. The third kappa shape index (κ3) is 26.5. The van der Waals surface area contributed by atoms with Gasteiger partial charge in [-0.2, -0.15) is 0 Å². The average molecular weight is 269 g/mol. The van der Waals surface area contributed by atoms with Crippen molar-refractivity contribution < 1.29 is 86.9 Å². The third-order valence-electron chi connectivity index (χ3n) is 1.42. The van der Waals surface area contributed by atoms with Crippen LogP contribution in [-0.2, 0) is 9.59 Å². The molecular weight excluding hydrogens is 248 g/mol. The Hall–Kier alpha value is 0.860. The van der Waals surface area contributed by atoms with E-state index in [1.54, 1.807) is 0 Å². The van der Waals surface area contributed by atoms with Crippen LogP contribution in [0.2, 0.25) is 0 Å². The number of hydrogen-bond donors (Lipinski definition) is 4. The number of aliphatic carboxylic acids is 2. The molecule has 4 N–H and O–H groups in total. The van der Waals surface area contributed by atoms with Gasteiger partial charge in [0.2, 0.25) is 0 Å². The normalized spacial score (nSPS) is 9.82. The molecule has 1 atom stereocenters. The Morgan fingerprint density at radius 3 is 1.76 bits per heavy atom. The minimum atomic E-state index is -1.56. The van der Waals surface area contributed by atoms with Crippen LogP contribution in [0, 0.1) is 0 Å². The van der Waals surface area contributed by atoms with Crippen molar-refractivity contribution in [2.24, 2.45) is 0 Å². The van der Waals surface area contributed by atoms with Crippen LogP contribution < -0.4 is 64.4 Å². The van der Waals surface area contributed by atoms with E-state index in [-0.39, 0.29) is 74.8 Å². The largest absolute Gasteiger partial charge is 1.00 e. The van der Waals surface area contributed by atoms with Crippen molar-refractivity contribution in [3.8, 4) is 0 Å². The molecule has 0 saturated heterocycles. The minimum absolute atomic E-state index is 0. The molecule has 0 aromatic rings. The summed E-state index contributed by atoms with van der Waals surface area (Å²) in [6, 6.07) is 0. The van der Waals surface area contributed by atoms with Gasteiger partial charge in [-0.3, -0.25) is 4.79 Å². The van der Waals surface area contributed by atoms with Crippen molar-refractivity contribution in [3.63, 3.8) is 0 Å². The van der Waals surface area contributed by atoms with Gasteiger partial charge in [0.25, 0.3) is 0 Å². The molecule has 17 heavy (non-hydrogen) atoms. The molecule has 0 heterocycles. The summed E-state index contributed by atoms with van der Waals surface area (Å²) in [4.78, 5) is 19.7. The van der Waals surface area contributed by atoms with E-state index in [1.165, 1.54) is 0 Å². The number of carbonyl (C=O) groups is 2. The second-order valence-electron chi connectivity index (χ2n) is 2.74. The number of carboxylic acid groups (broad SMARTS) is 2. The molecule has 0 aromatic heterocycles. The summed E-state index contributed by atoms with van der Waals surface area (Å²) in [5.74, 6) is -2.50. The van der Waals surface area contributed by atoms with Crippen molar-refractivity contribution in [3.05, 3.63) is 0 Å². The summed E-state index contributed by atoms with van der Waals surface area (Å²) < 4.78 is 0. The fraction of sp³-hybridized carbons (Fsp3) is 0.778. The van der Waals surface area contributed by atoms with Crippen LogP contribution in [0.5, 0.6) is 0 Å². The number of aliphatic hydroxyl groups is 1. The van der Waals surface area contributed by atoms with Gasteiger partial charge in [0, 0.05) is 6.42 Å². The topological polar surface area (TPSA) is 107 Å². The van der Waals surface area contributed by atoms with Gasteiger partial charge in [-0.1, -0.05) is 13.8 Å². The zero-order chi connectivity index (χ0) is 12.3. The van der Waals surface area contributed by atoms with Crippen LogP contribution in [0.4, 0.5) is 0 Å². The predicted molar refractivity (Wildman–Crippen MR) is 57.0 cm³/mol. The summed E-state index contributed by atoms with van der Waals surface area (Å²) in [5.41, 5.74) is 0. The fourth-order valence-electron chi connectivity index (χ4n) is 0.634. The first-order chi connectivity index (χ1) is 6.95. The Kier molecular flexibility index (Phi) is 29.9. The Labute approximate surface area is 149 Å². The van der Waals surface area contributed by atoms with Crippen LogP contribution in [0.15, 0.2) is 0 Å². The average Bonchev–Trinajstić information content (AvgIpc) is 2.16. The molecule has 1 unspecified atom stereocenters. The minimum Gasteiger partial charge on any atom is -1.00 e. The van der Waals surface area contributed by atoms with Crippen LogP contribution >= 0.6 is 0 Å². The first-order valence-corrected chi connectivity index (χ1v) is 4.79. The Balaban J connectivity index is -0.0000000418. The molecule has 94 valence electrons. The van der Waals surface area contributed by atoms with Gasteiger partial charge < -0.3 is 23.5 Å². The maximum absolute atomic E-state index is 9.87. The van der Waals surface area contributed by atoms with E-state index in [0.717, 1.165) is 13.1 Å². The predicted octanol–water partition coefficient (Wildman–Crippen LogP) is -5.85. The van der Waals surface area contributed by atoms with E-state index in [2.05, 4.69) is 19.2 Å². The summed E-state index contributed by atoms with van der Waals surface area (Å²) in [5, 5.41) is 27.7. The van der Waals surface area contributed by atoms with Gasteiger partial charge >= 0.3 is 71.1 Å². The van der Waals surface area contributed by atoms with Gasteiger partial charge in [-0.25, -0.2) is 4.79 Å². The van der Waals surface area contributed by atoms with Crippen molar-refractivity contribution in [1.29, 1.82) is 0 Å². The molecule has 0 aliphatic heterocycles. The standard InChI is InChI=1S/C5H8O5.C4H11N.2Na.2H/c6-3(5(9)10)1-2-4(7)8;1-3-5-4-2;;;;/h3,6H,1-2H2,(H,7,8)(H,9,10);5H,3-4H2,1-2H3;;;;/q;;2*+1;2*-1. The molecule has 0 aromatic carbocycles. The van der Waals surface area contributed by atoms with Crippen molar-refractivity contribution in [2.45, 2.75) is 32.8 Å². The molecule has 6 nitrogen and oxygen atoms in total. The fourth-order valence-corrected chi connectivity index (χ4v) is 0.634. The van der Waals surface area contributed by atoms with Gasteiger partial charge in [-0.15, -0.1) is 0 Å². The molecule has 0 aliphatic carbocycles. The van der Waals surface area contributed by atoms with Crippen molar-refractivity contribution >= 4 is 11.9 Å². The molecule has 0 spiro atoms. The molecule has 8 heteroatoms. The van der Waals surface area contributed by atoms with E-state index in [4.69, 9.17) is 15.3 Å². The van der Waals surface area contributed by atoms with E-state index in [1.807, 2.05) is 0 Å². The maximum Gasteiger partial charge on any atom is 1.00 e. The summed E-state index contributed by atoms with van der Waals surface area (Å²) >= 11 is 0. The summed E-state index contributed by atoms with van der Waals surface area (Å²) in [6.07, 6.45) is -2.13. The van der Waals surface area contributed by atoms with E-state index < -0.39 is 18.0 Å². The Morgan fingerprint density at radius 2 is 1.59 bits per heavy atom. The van der Waals surface area contributed by atoms with Gasteiger partial charge in [-0.05, 0) is 19.5 Å². The molecule has 0 radical (unpaired) electrons. The molecular formula is C9H21NNa2O5. The number of rotatable bonds is 6. The van der Waals surface area contributed by atoms with Crippen LogP contribution in [0.1, 0.15) is 29.5 Å². The van der Waals surface area contributed by atoms with Crippen LogP contribution in [0.25, 0.3) is 0 Å². The number of hydrogen-bond acceptors (Lipinski definition) is 4. The smallest absolute Gasteiger partial charge is 1.00 e. The maximum atomic E-state index is 9.87. The zero-order valence-corrected chi connectivity index (χ0v) is 15.1. The van der Waals surface area contributed by atoms with E-state index in [0.29, 0.717) is 0 Å². The van der Waals surface area contributed by atoms with E-state index >= 15 is 0 Å². The summed E-state index contributed by atoms with van der Waals surface area (Å²) in [6.45, 7) is 6.39. The molecule has 0 aliphatic rings. The number of aliphatic hydroxyl groups excluding tert-OH is 1. The van der Waals surface area contributed by atoms with E-state index in [9.17, 15) is 9.59 Å². The van der Waals surface area contributed by atoms with Crippen molar-refractivity contribution in [2.75, 3.05) is 13.1 Å². The van der Waals surface area contributed by atoms with Crippen LogP contribution in [-0.4, -0.2) is 46.5 Å². The molecule has 0 saturated carbocycles.